The van der Waals surface area contributed by atoms with Gasteiger partial charge in [0.1, 0.15) is 10.3 Å². The van der Waals surface area contributed by atoms with Crippen molar-refractivity contribution in [3.8, 4) is 11.5 Å². The summed E-state index contributed by atoms with van der Waals surface area (Å²) >= 11 is 6.85. The summed E-state index contributed by atoms with van der Waals surface area (Å²) in [5.74, 6) is 0.625. The van der Waals surface area contributed by atoms with E-state index in [0.29, 0.717) is 40.9 Å². The first-order valence-electron chi connectivity index (χ1n) is 8.17. The molecule has 1 N–H and O–H groups in total. The van der Waals surface area contributed by atoms with Gasteiger partial charge in [0.15, 0.2) is 11.5 Å². The summed E-state index contributed by atoms with van der Waals surface area (Å²) in [7, 11) is -0.743. The summed E-state index contributed by atoms with van der Waals surface area (Å²) in [6.07, 6.45) is 1.07. The number of amides is 1. The van der Waals surface area contributed by atoms with Gasteiger partial charge < -0.3 is 14.8 Å². The molecular formula is C17H19ClN2O5S2. The Kier molecular flexibility index (Phi) is 5.95. The van der Waals surface area contributed by atoms with Crippen LogP contribution in [0.4, 0.5) is 5.69 Å². The average molecular weight is 431 g/mol. The van der Waals surface area contributed by atoms with E-state index in [2.05, 4.69) is 5.32 Å². The Morgan fingerprint density at radius 1 is 1.22 bits per heavy atom. The zero-order valence-corrected chi connectivity index (χ0v) is 17.2. The van der Waals surface area contributed by atoms with Crippen LogP contribution in [0.3, 0.4) is 0 Å². The minimum absolute atomic E-state index is 0.137. The molecule has 1 aliphatic rings. The van der Waals surface area contributed by atoms with Crippen molar-refractivity contribution in [1.29, 1.82) is 0 Å². The lowest BCUT2D eigenvalue weighted by Crippen LogP contribution is -2.42. The highest BCUT2D eigenvalue weighted by Gasteiger charge is 2.40. The molecular weight excluding hydrogens is 412 g/mol. The number of anilines is 1. The molecule has 1 saturated heterocycles. The fraction of sp³-hybridized carbons (Fsp3) is 0.353. The molecule has 1 fully saturated rings. The lowest BCUT2D eigenvalue weighted by atomic mass is 10.2. The standard InChI is InChI=1S/C17H19ClN2O5S2/c1-24-13-6-5-11(10-14(13)25-2)19-17(21)12-4-3-9-20(12)27(22,23)16-8-7-15(18)26-16/h5-8,10,12H,3-4,9H2,1-2H3,(H,19,21). The van der Waals surface area contributed by atoms with Crippen LogP contribution in [0.1, 0.15) is 12.8 Å². The summed E-state index contributed by atoms with van der Waals surface area (Å²) in [6, 6.07) is 7.20. The van der Waals surface area contributed by atoms with Crippen molar-refractivity contribution in [2.75, 3.05) is 26.1 Å². The van der Waals surface area contributed by atoms with Gasteiger partial charge in [0, 0.05) is 18.3 Å². The molecule has 2 aromatic rings. The van der Waals surface area contributed by atoms with E-state index in [0.717, 1.165) is 11.3 Å². The van der Waals surface area contributed by atoms with Gasteiger partial charge in [-0.25, -0.2) is 8.42 Å². The van der Waals surface area contributed by atoms with Crippen LogP contribution in [0.5, 0.6) is 11.5 Å². The smallest absolute Gasteiger partial charge is 0.253 e. The van der Waals surface area contributed by atoms with Gasteiger partial charge in [-0.15, -0.1) is 11.3 Å². The molecule has 1 aromatic carbocycles. The van der Waals surface area contributed by atoms with Gasteiger partial charge in [-0.05, 0) is 37.1 Å². The quantitative estimate of drug-likeness (QED) is 0.760. The molecule has 1 unspecified atom stereocenters. The monoisotopic (exact) mass is 430 g/mol. The van der Waals surface area contributed by atoms with E-state index in [1.807, 2.05) is 0 Å². The molecule has 0 radical (unpaired) electrons. The Balaban J connectivity index is 1.80. The zero-order valence-electron chi connectivity index (χ0n) is 14.8. The highest BCUT2D eigenvalue weighted by Crippen LogP contribution is 2.33. The number of thiophene rings is 1. The first-order valence-corrected chi connectivity index (χ1v) is 10.8. The Bertz CT molecular complexity index is 945. The van der Waals surface area contributed by atoms with Gasteiger partial charge in [0.05, 0.1) is 18.6 Å². The fourth-order valence-electron chi connectivity index (χ4n) is 2.98. The maximum Gasteiger partial charge on any atom is 0.253 e. The van der Waals surface area contributed by atoms with E-state index in [1.165, 1.54) is 30.7 Å². The summed E-state index contributed by atoms with van der Waals surface area (Å²) in [6.45, 7) is 0.294. The van der Waals surface area contributed by atoms with Crippen molar-refractivity contribution in [2.24, 2.45) is 0 Å². The van der Waals surface area contributed by atoms with Crippen LogP contribution in [0, 0.1) is 0 Å². The number of carbonyl (C=O) groups excluding carboxylic acids is 1. The molecule has 10 heteroatoms. The topological polar surface area (TPSA) is 84.9 Å². The number of nitrogens with zero attached hydrogens (tertiary/aromatic N) is 1. The van der Waals surface area contributed by atoms with Crippen molar-refractivity contribution in [2.45, 2.75) is 23.1 Å². The molecule has 0 saturated carbocycles. The third-order valence-electron chi connectivity index (χ3n) is 4.27. The predicted octanol–water partition coefficient (Wildman–Crippen LogP) is 3.21. The molecule has 146 valence electrons. The molecule has 2 heterocycles. The van der Waals surface area contributed by atoms with Crippen molar-refractivity contribution in [3.63, 3.8) is 0 Å². The van der Waals surface area contributed by atoms with Crippen molar-refractivity contribution in [1.82, 2.24) is 4.31 Å². The second-order valence-electron chi connectivity index (χ2n) is 5.89. The SMILES string of the molecule is COc1ccc(NC(=O)C2CCCN2S(=O)(=O)c2ccc(Cl)s2)cc1OC. The van der Waals surface area contributed by atoms with Gasteiger partial charge in [-0.1, -0.05) is 11.6 Å². The van der Waals surface area contributed by atoms with Crippen molar-refractivity contribution >= 4 is 44.6 Å². The number of carbonyl (C=O) groups is 1. The lowest BCUT2D eigenvalue weighted by molar-refractivity contribution is -0.119. The third kappa shape index (κ3) is 4.06. The first kappa shape index (κ1) is 19.9. The summed E-state index contributed by atoms with van der Waals surface area (Å²) < 4.78 is 37.9. The normalized spacial score (nSPS) is 17.7. The second-order valence-corrected chi connectivity index (χ2v) is 9.72. The minimum atomic E-state index is -3.77. The molecule has 1 amide bonds. The Hall–Kier alpha value is -1.81. The number of hydrogen-bond acceptors (Lipinski definition) is 6. The van der Waals surface area contributed by atoms with Crippen LogP contribution in [0.25, 0.3) is 0 Å². The maximum atomic E-state index is 12.9. The molecule has 0 bridgehead atoms. The first-order chi connectivity index (χ1) is 12.9. The summed E-state index contributed by atoms with van der Waals surface area (Å²) in [5, 5.41) is 2.77. The summed E-state index contributed by atoms with van der Waals surface area (Å²) in [4.78, 5) is 12.8. The fourth-order valence-corrected chi connectivity index (χ4v) is 6.25. The third-order valence-corrected chi connectivity index (χ3v) is 7.88. The van der Waals surface area contributed by atoms with Crippen LogP contribution in [-0.4, -0.2) is 45.4 Å². The maximum absolute atomic E-state index is 12.9. The van der Waals surface area contributed by atoms with Gasteiger partial charge in [-0.3, -0.25) is 4.79 Å². The van der Waals surface area contributed by atoms with Crippen LogP contribution >= 0.6 is 22.9 Å². The van der Waals surface area contributed by atoms with E-state index in [4.69, 9.17) is 21.1 Å². The van der Waals surface area contributed by atoms with E-state index in [9.17, 15) is 13.2 Å². The Morgan fingerprint density at radius 3 is 2.59 bits per heavy atom. The van der Waals surface area contributed by atoms with E-state index >= 15 is 0 Å². The van der Waals surface area contributed by atoms with Gasteiger partial charge in [0.25, 0.3) is 10.0 Å². The van der Waals surface area contributed by atoms with Gasteiger partial charge >= 0.3 is 0 Å². The van der Waals surface area contributed by atoms with Crippen LogP contribution in [-0.2, 0) is 14.8 Å². The molecule has 1 aromatic heterocycles. The number of ether oxygens (including phenoxy) is 2. The molecule has 1 aliphatic heterocycles. The molecule has 0 aliphatic carbocycles. The van der Waals surface area contributed by atoms with Gasteiger partial charge in [-0.2, -0.15) is 4.31 Å². The van der Waals surface area contributed by atoms with Gasteiger partial charge in [0.2, 0.25) is 5.91 Å². The minimum Gasteiger partial charge on any atom is -0.493 e. The summed E-state index contributed by atoms with van der Waals surface area (Å²) in [5.41, 5.74) is 0.501. The van der Waals surface area contributed by atoms with E-state index in [1.54, 1.807) is 18.2 Å². The molecule has 7 nitrogen and oxygen atoms in total. The molecule has 27 heavy (non-hydrogen) atoms. The lowest BCUT2D eigenvalue weighted by Gasteiger charge is -2.22. The van der Waals surface area contributed by atoms with Crippen molar-refractivity contribution < 1.29 is 22.7 Å². The van der Waals surface area contributed by atoms with Crippen molar-refractivity contribution in [3.05, 3.63) is 34.7 Å². The Labute approximate surface area is 166 Å². The largest absolute Gasteiger partial charge is 0.493 e. The number of hydrogen-bond donors (Lipinski definition) is 1. The molecule has 3 rings (SSSR count). The zero-order chi connectivity index (χ0) is 19.6. The molecule has 0 spiro atoms. The number of rotatable bonds is 6. The van der Waals surface area contributed by atoms with E-state index in [-0.39, 0.29) is 10.1 Å². The molecule has 1 atom stereocenters. The van der Waals surface area contributed by atoms with Crippen LogP contribution < -0.4 is 14.8 Å². The second kappa shape index (κ2) is 8.05. The number of halogens is 1. The highest BCUT2D eigenvalue weighted by molar-refractivity contribution is 7.91. The Morgan fingerprint density at radius 2 is 1.96 bits per heavy atom. The number of benzene rings is 1. The number of nitrogens with one attached hydrogen (secondary N) is 1. The number of sulfonamides is 1. The average Bonchev–Trinajstić information content (AvgIpc) is 3.31. The van der Waals surface area contributed by atoms with Crippen LogP contribution in [0.15, 0.2) is 34.5 Å². The highest BCUT2D eigenvalue weighted by atomic mass is 35.5. The predicted molar refractivity (Wildman–Crippen MR) is 104 cm³/mol. The number of methoxy groups -OCH3 is 2. The van der Waals surface area contributed by atoms with E-state index < -0.39 is 16.1 Å². The van der Waals surface area contributed by atoms with Crippen LogP contribution in [0.2, 0.25) is 4.34 Å².